The molecule has 0 atom stereocenters. The average molecular weight is 428 g/mol. The largest absolute Gasteiger partial charge is 0.434 e. The van der Waals surface area contributed by atoms with Crippen molar-refractivity contribution in [2.75, 3.05) is 5.32 Å². The van der Waals surface area contributed by atoms with Crippen molar-refractivity contribution >= 4 is 11.6 Å². The number of anilines is 1. The standard InChI is InChI=1S/C19H14F6N4O/c1-2-11-4-3-5-13(8-11)28-17(30)14-10-27-29(16(14)19(23,24)25)15-7-6-12(9-26-15)18(20,21)22/h3-10H,2H2,1H3,(H,28,30). The van der Waals surface area contributed by atoms with E-state index in [0.717, 1.165) is 11.6 Å². The van der Waals surface area contributed by atoms with E-state index in [0.29, 0.717) is 30.6 Å². The van der Waals surface area contributed by atoms with Gasteiger partial charge >= 0.3 is 12.4 Å². The van der Waals surface area contributed by atoms with E-state index in [9.17, 15) is 31.1 Å². The summed E-state index contributed by atoms with van der Waals surface area (Å²) in [6.07, 6.45) is -7.96. The molecule has 5 nitrogen and oxygen atoms in total. The first-order valence-electron chi connectivity index (χ1n) is 8.60. The van der Waals surface area contributed by atoms with Crippen LogP contribution in [0.15, 0.2) is 48.8 Å². The summed E-state index contributed by atoms with van der Waals surface area (Å²) >= 11 is 0. The van der Waals surface area contributed by atoms with Crippen LogP contribution >= 0.6 is 0 Å². The number of carbonyl (C=O) groups is 1. The zero-order chi connectivity index (χ0) is 22.1. The first-order valence-corrected chi connectivity index (χ1v) is 8.60. The van der Waals surface area contributed by atoms with Crippen molar-refractivity contribution in [2.24, 2.45) is 0 Å². The number of aryl methyl sites for hydroxylation is 1. The van der Waals surface area contributed by atoms with Crippen LogP contribution in [0.2, 0.25) is 0 Å². The second-order valence-corrected chi connectivity index (χ2v) is 6.23. The fourth-order valence-corrected chi connectivity index (χ4v) is 2.71. The molecule has 2 heterocycles. The van der Waals surface area contributed by atoms with Crippen LogP contribution in [-0.4, -0.2) is 20.7 Å². The predicted octanol–water partition coefficient (Wildman–Crippen LogP) is 5.12. The van der Waals surface area contributed by atoms with Crippen molar-refractivity contribution in [1.29, 1.82) is 0 Å². The average Bonchev–Trinajstić information content (AvgIpc) is 3.13. The molecule has 3 aromatic rings. The molecule has 30 heavy (non-hydrogen) atoms. The number of aromatic nitrogens is 3. The number of amides is 1. The summed E-state index contributed by atoms with van der Waals surface area (Å²) in [5, 5.41) is 5.91. The molecule has 1 aromatic carbocycles. The molecule has 2 aromatic heterocycles. The lowest BCUT2D eigenvalue weighted by Crippen LogP contribution is -2.21. The zero-order valence-electron chi connectivity index (χ0n) is 15.3. The molecule has 11 heteroatoms. The van der Waals surface area contributed by atoms with Crippen LogP contribution in [0, 0.1) is 0 Å². The molecule has 0 saturated heterocycles. The van der Waals surface area contributed by atoms with Crippen molar-refractivity contribution in [2.45, 2.75) is 25.7 Å². The minimum atomic E-state index is -5.02. The molecular formula is C19H14F6N4O. The van der Waals surface area contributed by atoms with Crippen molar-refractivity contribution in [3.8, 4) is 5.82 Å². The summed E-state index contributed by atoms with van der Waals surface area (Å²) in [6.45, 7) is 1.88. The Kier molecular flexibility index (Phi) is 5.55. The third kappa shape index (κ3) is 4.44. The van der Waals surface area contributed by atoms with E-state index in [1.54, 1.807) is 18.2 Å². The predicted molar refractivity (Wildman–Crippen MR) is 95.1 cm³/mol. The van der Waals surface area contributed by atoms with Crippen LogP contribution in [0.5, 0.6) is 0 Å². The SMILES string of the molecule is CCc1cccc(NC(=O)c2cnn(-c3ccc(C(F)(F)F)cn3)c2C(F)(F)F)c1. The highest BCUT2D eigenvalue weighted by Gasteiger charge is 2.41. The second-order valence-electron chi connectivity index (χ2n) is 6.23. The van der Waals surface area contributed by atoms with Gasteiger partial charge in [0, 0.05) is 11.9 Å². The minimum absolute atomic E-state index is 0.289. The highest BCUT2D eigenvalue weighted by atomic mass is 19.4. The third-order valence-corrected chi connectivity index (χ3v) is 4.17. The van der Waals surface area contributed by atoms with E-state index in [4.69, 9.17) is 0 Å². The summed E-state index contributed by atoms with van der Waals surface area (Å²) in [4.78, 5) is 15.9. The number of alkyl halides is 6. The lowest BCUT2D eigenvalue weighted by atomic mass is 10.1. The van der Waals surface area contributed by atoms with Crippen LogP contribution in [0.1, 0.15) is 34.1 Å². The molecule has 0 fully saturated rings. The lowest BCUT2D eigenvalue weighted by Gasteiger charge is -2.13. The van der Waals surface area contributed by atoms with Gasteiger partial charge in [0.1, 0.15) is 0 Å². The molecule has 0 aliphatic heterocycles. The second kappa shape index (κ2) is 7.81. The number of hydrogen-bond donors (Lipinski definition) is 1. The lowest BCUT2D eigenvalue weighted by molar-refractivity contribution is -0.143. The van der Waals surface area contributed by atoms with Gasteiger partial charge in [0.15, 0.2) is 11.5 Å². The first kappa shape index (κ1) is 21.3. The Labute approximate surface area is 166 Å². The van der Waals surface area contributed by atoms with Crippen molar-refractivity contribution in [1.82, 2.24) is 14.8 Å². The van der Waals surface area contributed by atoms with E-state index in [1.165, 1.54) is 6.07 Å². The highest BCUT2D eigenvalue weighted by molar-refractivity contribution is 6.05. The van der Waals surface area contributed by atoms with E-state index < -0.39 is 40.9 Å². The molecule has 1 amide bonds. The van der Waals surface area contributed by atoms with Gasteiger partial charge in [-0.3, -0.25) is 4.79 Å². The van der Waals surface area contributed by atoms with Gasteiger partial charge in [0.05, 0.1) is 17.3 Å². The maximum Gasteiger partial charge on any atom is 0.434 e. The van der Waals surface area contributed by atoms with Gasteiger partial charge < -0.3 is 5.32 Å². The number of pyridine rings is 1. The van der Waals surface area contributed by atoms with E-state index >= 15 is 0 Å². The highest BCUT2D eigenvalue weighted by Crippen LogP contribution is 2.34. The Morgan fingerprint density at radius 3 is 2.33 bits per heavy atom. The summed E-state index contributed by atoms with van der Waals surface area (Å²) in [7, 11) is 0. The topological polar surface area (TPSA) is 59.8 Å². The quantitative estimate of drug-likeness (QED) is 0.587. The maximum absolute atomic E-state index is 13.7. The molecule has 0 unspecified atom stereocenters. The Morgan fingerprint density at radius 2 is 1.77 bits per heavy atom. The van der Waals surface area contributed by atoms with Gasteiger partial charge in [0.2, 0.25) is 0 Å². The summed E-state index contributed by atoms with van der Waals surface area (Å²) < 4.78 is 79.3. The Balaban J connectivity index is 1.99. The van der Waals surface area contributed by atoms with Crippen LogP contribution in [0.4, 0.5) is 32.0 Å². The van der Waals surface area contributed by atoms with Crippen LogP contribution in [0.3, 0.4) is 0 Å². The van der Waals surface area contributed by atoms with E-state index in [1.807, 2.05) is 6.92 Å². The molecular weight excluding hydrogens is 414 g/mol. The molecule has 158 valence electrons. The van der Waals surface area contributed by atoms with Gasteiger partial charge in [0.25, 0.3) is 5.91 Å². The maximum atomic E-state index is 13.7. The Hall–Kier alpha value is -3.37. The smallest absolute Gasteiger partial charge is 0.322 e. The van der Waals surface area contributed by atoms with Gasteiger partial charge in [-0.1, -0.05) is 19.1 Å². The molecule has 3 rings (SSSR count). The van der Waals surface area contributed by atoms with Crippen LogP contribution < -0.4 is 5.32 Å². The number of nitrogens with zero attached hydrogens (tertiary/aromatic N) is 3. The number of rotatable bonds is 4. The molecule has 0 aliphatic carbocycles. The van der Waals surface area contributed by atoms with Gasteiger partial charge in [-0.05, 0) is 36.2 Å². The molecule has 0 saturated carbocycles. The van der Waals surface area contributed by atoms with Crippen molar-refractivity contribution < 1.29 is 31.1 Å². The fraction of sp³-hybridized carbons (Fsp3) is 0.211. The van der Waals surface area contributed by atoms with E-state index in [2.05, 4.69) is 15.4 Å². The monoisotopic (exact) mass is 428 g/mol. The van der Waals surface area contributed by atoms with Crippen LogP contribution in [0.25, 0.3) is 5.82 Å². The molecule has 0 bridgehead atoms. The molecule has 0 aliphatic rings. The van der Waals surface area contributed by atoms with Gasteiger partial charge in [-0.15, -0.1) is 0 Å². The summed E-state index contributed by atoms with van der Waals surface area (Å²) in [5.74, 6) is -1.57. The van der Waals surface area contributed by atoms with Crippen molar-refractivity contribution in [3.05, 3.63) is 71.2 Å². The zero-order valence-corrected chi connectivity index (χ0v) is 15.3. The van der Waals surface area contributed by atoms with E-state index in [-0.39, 0.29) is 4.68 Å². The molecule has 0 spiro atoms. The number of benzene rings is 1. The normalized spacial score (nSPS) is 12.1. The Morgan fingerprint density at radius 1 is 1.03 bits per heavy atom. The van der Waals surface area contributed by atoms with Gasteiger partial charge in [-0.2, -0.15) is 31.4 Å². The molecule has 0 radical (unpaired) electrons. The number of carbonyl (C=O) groups excluding carboxylic acids is 1. The summed E-state index contributed by atoms with van der Waals surface area (Å²) in [5.41, 5.74) is -2.19. The first-order chi connectivity index (χ1) is 14.0. The number of halogens is 6. The number of nitrogens with one attached hydrogen (secondary N) is 1. The molecule has 1 N–H and O–H groups in total. The summed E-state index contributed by atoms with van der Waals surface area (Å²) in [6, 6.07) is 7.91. The fourth-order valence-electron chi connectivity index (χ4n) is 2.71. The Bertz CT molecular complexity index is 1050. The third-order valence-electron chi connectivity index (χ3n) is 4.17. The van der Waals surface area contributed by atoms with Crippen molar-refractivity contribution in [3.63, 3.8) is 0 Å². The number of hydrogen-bond acceptors (Lipinski definition) is 3. The minimum Gasteiger partial charge on any atom is -0.322 e. The van der Waals surface area contributed by atoms with Crippen LogP contribution in [-0.2, 0) is 18.8 Å². The van der Waals surface area contributed by atoms with Gasteiger partial charge in [-0.25, -0.2) is 9.67 Å².